The van der Waals surface area contributed by atoms with Crippen LogP contribution in [0.4, 0.5) is 5.00 Å². The Bertz CT molecular complexity index is 791. The smallest absolute Gasteiger partial charge is 0.341 e. The van der Waals surface area contributed by atoms with Crippen LogP contribution < -0.4 is 5.32 Å². The van der Waals surface area contributed by atoms with Gasteiger partial charge in [0.2, 0.25) is 0 Å². The van der Waals surface area contributed by atoms with Crippen LogP contribution in [0, 0.1) is 6.92 Å². The number of rotatable bonds is 7. The van der Waals surface area contributed by atoms with Crippen LogP contribution in [0.2, 0.25) is 0 Å². The fraction of sp³-hybridized carbons (Fsp3) is 0.389. The molecular weight excluding hydrogens is 356 g/mol. The lowest BCUT2D eigenvalue weighted by Crippen LogP contribution is -2.30. The molecule has 0 aromatic carbocycles. The number of nitrogens with one attached hydrogen (secondary N) is 1. The molecule has 2 rings (SSSR count). The Balaban J connectivity index is 2.44. The van der Waals surface area contributed by atoms with E-state index < -0.39 is 11.9 Å². The first-order valence-corrected chi connectivity index (χ1v) is 9.20. The van der Waals surface area contributed by atoms with Gasteiger partial charge in [0, 0.05) is 13.1 Å². The van der Waals surface area contributed by atoms with Crippen molar-refractivity contribution in [3.8, 4) is 0 Å². The minimum Gasteiger partial charge on any atom is -0.462 e. The van der Waals surface area contributed by atoms with Gasteiger partial charge in [-0.2, -0.15) is 0 Å². The molecule has 0 saturated carbocycles. The summed E-state index contributed by atoms with van der Waals surface area (Å²) in [7, 11) is 0. The maximum atomic E-state index is 12.7. The molecule has 0 aliphatic carbocycles. The van der Waals surface area contributed by atoms with Crippen molar-refractivity contribution in [2.75, 3.05) is 25.0 Å². The quantitative estimate of drug-likeness (QED) is 0.744. The van der Waals surface area contributed by atoms with Crippen molar-refractivity contribution < 1.29 is 23.5 Å². The highest BCUT2D eigenvalue weighted by Gasteiger charge is 2.28. The van der Waals surface area contributed by atoms with Crippen LogP contribution in [0.3, 0.4) is 0 Å². The van der Waals surface area contributed by atoms with Gasteiger partial charge in [-0.1, -0.05) is 0 Å². The number of hydrogen-bond acceptors (Lipinski definition) is 6. The Morgan fingerprint density at radius 2 is 1.92 bits per heavy atom. The molecule has 0 spiro atoms. The van der Waals surface area contributed by atoms with E-state index >= 15 is 0 Å². The van der Waals surface area contributed by atoms with Gasteiger partial charge in [-0.05, 0) is 45.4 Å². The molecule has 8 heteroatoms. The summed E-state index contributed by atoms with van der Waals surface area (Å²) in [6.45, 7) is 8.45. The maximum absolute atomic E-state index is 12.7. The molecule has 0 saturated heterocycles. The molecule has 2 amide bonds. The van der Waals surface area contributed by atoms with Crippen molar-refractivity contribution in [2.45, 2.75) is 27.7 Å². The van der Waals surface area contributed by atoms with E-state index in [1.807, 2.05) is 13.8 Å². The zero-order chi connectivity index (χ0) is 19.3. The molecule has 0 unspecified atom stereocenters. The lowest BCUT2D eigenvalue weighted by molar-refractivity contribution is 0.0527. The van der Waals surface area contributed by atoms with Gasteiger partial charge in [-0.25, -0.2) is 4.79 Å². The molecule has 0 radical (unpaired) electrons. The zero-order valence-electron chi connectivity index (χ0n) is 15.3. The van der Waals surface area contributed by atoms with Gasteiger partial charge in [-0.3, -0.25) is 9.59 Å². The highest BCUT2D eigenvalue weighted by Crippen LogP contribution is 2.35. The average molecular weight is 378 g/mol. The van der Waals surface area contributed by atoms with Crippen molar-refractivity contribution in [1.82, 2.24) is 4.90 Å². The molecule has 7 nitrogen and oxygen atoms in total. The van der Waals surface area contributed by atoms with Gasteiger partial charge in [0.25, 0.3) is 11.8 Å². The van der Waals surface area contributed by atoms with Crippen LogP contribution in [-0.2, 0) is 4.74 Å². The normalized spacial score (nSPS) is 10.5. The van der Waals surface area contributed by atoms with Crippen molar-refractivity contribution in [3.05, 3.63) is 40.2 Å². The third kappa shape index (κ3) is 3.96. The fourth-order valence-corrected chi connectivity index (χ4v) is 3.64. The van der Waals surface area contributed by atoms with E-state index in [4.69, 9.17) is 9.15 Å². The number of nitrogens with zero attached hydrogens (tertiary/aromatic N) is 1. The second-order valence-corrected chi connectivity index (χ2v) is 6.41. The van der Waals surface area contributed by atoms with Crippen LogP contribution in [-0.4, -0.2) is 42.4 Å². The van der Waals surface area contributed by atoms with Crippen LogP contribution in [0.5, 0.6) is 0 Å². The molecule has 0 aliphatic rings. The maximum Gasteiger partial charge on any atom is 0.341 e. The van der Waals surface area contributed by atoms with Crippen molar-refractivity contribution in [1.29, 1.82) is 0 Å². The van der Waals surface area contributed by atoms with Crippen molar-refractivity contribution >= 4 is 34.1 Å². The van der Waals surface area contributed by atoms with E-state index in [1.54, 1.807) is 24.8 Å². The molecule has 0 fully saturated rings. The Morgan fingerprint density at radius 3 is 2.46 bits per heavy atom. The number of carbonyl (C=O) groups excluding carboxylic acids is 3. The topological polar surface area (TPSA) is 88.8 Å². The number of hydrogen-bond donors (Lipinski definition) is 1. The summed E-state index contributed by atoms with van der Waals surface area (Å²) in [6.07, 6.45) is 1.39. The number of thiophene rings is 1. The Labute approximate surface area is 155 Å². The highest BCUT2D eigenvalue weighted by molar-refractivity contribution is 7.18. The van der Waals surface area contributed by atoms with E-state index in [-0.39, 0.29) is 28.8 Å². The summed E-state index contributed by atoms with van der Waals surface area (Å²) in [5.41, 5.74) is 0.701. The molecule has 0 aliphatic heterocycles. The minimum absolute atomic E-state index is 0.113. The number of amides is 2. The van der Waals surface area contributed by atoms with Gasteiger partial charge >= 0.3 is 5.97 Å². The average Bonchev–Trinajstić information content (AvgIpc) is 3.24. The zero-order valence-corrected chi connectivity index (χ0v) is 16.1. The number of carbonyl (C=O) groups is 3. The SMILES string of the molecule is CCOC(=O)c1c(NC(=O)c2ccco2)sc(C(=O)N(CC)CC)c1C. The Morgan fingerprint density at radius 1 is 1.23 bits per heavy atom. The Kier molecular flexibility index (Phi) is 6.57. The number of furan rings is 1. The van der Waals surface area contributed by atoms with E-state index in [0.717, 1.165) is 11.3 Å². The minimum atomic E-state index is -0.574. The second kappa shape index (κ2) is 8.66. The molecule has 0 atom stereocenters. The Hall–Kier alpha value is -2.61. The van der Waals surface area contributed by atoms with E-state index in [0.29, 0.717) is 23.5 Å². The lowest BCUT2D eigenvalue weighted by atomic mass is 10.1. The molecule has 2 aromatic rings. The second-order valence-electron chi connectivity index (χ2n) is 5.39. The molecule has 26 heavy (non-hydrogen) atoms. The monoisotopic (exact) mass is 378 g/mol. The number of esters is 1. The summed E-state index contributed by atoms with van der Waals surface area (Å²) in [6, 6.07) is 3.11. The van der Waals surface area contributed by atoms with Crippen LogP contribution >= 0.6 is 11.3 Å². The van der Waals surface area contributed by atoms with Crippen LogP contribution in [0.1, 0.15) is 56.9 Å². The van der Waals surface area contributed by atoms with Gasteiger partial charge in [-0.15, -0.1) is 11.3 Å². The summed E-state index contributed by atoms with van der Waals surface area (Å²) in [4.78, 5) is 39.5. The fourth-order valence-electron chi connectivity index (χ4n) is 2.48. The molecule has 2 heterocycles. The highest BCUT2D eigenvalue weighted by atomic mass is 32.1. The van der Waals surface area contributed by atoms with Gasteiger partial charge in [0.15, 0.2) is 5.76 Å². The first-order valence-electron chi connectivity index (χ1n) is 8.39. The molecular formula is C18H22N2O5S. The lowest BCUT2D eigenvalue weighted by Gasteiger charge is -2.18. The third-order valence-corrected chi connectivity index (χ3v) is 5.04. The predicted octanol–water partition coefficient (Wildman–Crippen LogP) is 3.56. The van der Waals surface area contributed by atoms with E-state index in [2.05, 4.69) is 5.32 Å². The van der Waals surface area contributed by atoms with Crippen molar-refractivity contribution in [3.63, 3.8) is 0 Å². The van der Waals surface area contributed by atoms with Crippen LogP contribution in [0.15, 0.2) is 22.8 Å². The molecule has 2 aromatic heterocycles. The summed E-state index contributed by atoms with van der Waals surface area (Å²) >= 11 is 1.07. The van der Waals surface area contributed by atoms with Crippen molar-refractivity contribution in [2.24, 2.45) is 0 Å². The van der Waals surface area contributed by atoms with E-state index in [1.165, 1.54) is 12.3 Å². The van der Waals surface area contributed by atoms with Gasteiger partial charge in [0.1, 0.15) is 5.00 Å². The standard InChI is InChI=1S/C18H22N2O5S/c1-5-20(6-2)17(22)14-11(4)13(18(23)24-7-3)16(26-14)19-15(21)12-9-8-10-25-12/h8-10H,5-7H2,1-4H3,(H,19,21). The summed E-state index contributed by atoms with van der Waals surface area (Å²) < 4.78 is 10.2. The first-order chi connectivity index (χ1) is 12.4. The van der Waals surface area contributed by atoms with Gasteiger partial charge in [0.05, 0.1) is 23.3 Å². The first kappa shape index (κ1) is 19.7. The third-order valence-electron chi connectivity index (χ3n) is 3.84. The molecule has 140 valence electrons. The number of anilines is 1. The van der Waals surface area contributed by atoms with Gasteiger partial charge < -0.3 is 19.4 Å². The molecule has 0 bridgehead atoms. The molecule has 1 N–H and O–H groups in total. The summed E-state index contributed by atoms with van der Waals surface area (Å²) in [5, 5.41) is 2.93. The predicted molar refractivity (Wildman–Crippen MR) is 98.9 cm³/mol. The summed E-state index contributed by atoms with van der Waals surface area (Å²) in [5.74, 6) is -1.14. The van der Waals surface area contributed by atoms with E-state index in [9.17, 15) is 14.4 Å². The number of ether oxygens (including phenoxy) is 1. The largest absolute Gasteiger partial charge is 0.462 e. The van der Waals surface area contributed by atoms with Crippen LogP contribution in [0.25, 0.3) is 0 Å².